The van der Waals surface area contributed by atoms with E-state index >= 15 is 0 Å². The van der Waals surface area contributed by atoms with Gasteiger partial charge >= 0.3 is 0 Å². The van der Waals surface area contributed by atoms with Gasteiger partial charge < -0.3 is 4.74 Å². The average molecular weight is 207 g/mol. The highest BCUT2D eigenvalue weighted by molar-refractivity contribution is 5.32. The van der Waals surface area contributed by atoms with E-state index in [1.165, 1.54) is 0 Å². The number of hydrogen-bond donors (Lipinski definition) is 0. The largest absolute Gasteiger partial charge is 0.472 e. The number of pyridine rings is 1. The molecule has 0 spiro atoms. The van der Waals surface area contributed by atoms with Gasteiger partial charge in [0.1, 0.15) is 5.60 Å². The Kier molecular flexibility index (Phi) is 3.08. The number of ether oxygens (including phenoxy) is 1. The van der Waals surface area contributed by atoms with Crippen LogP contribution in [-0.4, -0.2) is 10.6 Å². The van der Waals surface area contributed by atoms with Gasteiger partial charge in [-0.2, -0.15) is 0 Å². The molecule has 84 valence electrons. The van der Waals surface area contributed by atoms with E-state index in [0.717, 1.165) is 11.4 Å². The third kappa shape index (κ3) is 3.54. The second kappa shape index (κ2) is 3.84. The van der Waals surface area contributed by atoms with Gasteiger partial charge in [0, 0.05) is 11.8 Å². The predicted octanol–water partition coefficient (Wildman–Crippen LogP) is 3.56. The topological polar surface area (TPSA) is 22.1 Å². The van der Waals surface area contributed by atoms with Crippen molar-refractivity contribution in [2.75, 3.05) is 0 Å². The maximum Gasteiger partial charge on any atom is 0.217 e. The summed E-state index contributed by atoms with van der Waals surface area (Å²) in [5.74, 6) is 0.748. The zero-order valence-electron chi connectivity index (χ0n) is 10.6. The van der Waals surface area contributed by atoms with Crippen LogP contribution < -0.4 is 4.74 Å². The lowest BCUT2D eigenvalue weighted by Gasteiger charge is -2.26. The molecule has 15 heavy (non-hydrogen) atoms. The van der Waals surface area contributed by atoms with Crippen LogP contribution in [0.15, 0.2) is 18.3 Å². The van der Waals surface area contributed by atoms with E-state index in [0.29, 0.717) is 0 Å². The van der Waals surface area contributed by atoms with E-state index < -0.39 is 0 Å². The zero-order valence-corrected chi connectivity index (χ0v) is 10.6. The Bertz CT molecular complexity index is 331. The summed E-state index contributed by atoms with van der Waals surface area (Å²) in [6, 6.07) is 4.03. The molecule has 0 saturated carbocycles. The summed E-state index contributed by atoms with van der Waals surface area (Å²) in [6.07, 6.45) is 1.77. The molecular formula is C13H21NO. The Morgan fingerprint density at radius 1 is 1.07 bits per heavy atom. The lowest BCUT2D eigenvalue weighted by atomic mass is 9.88. The molecular weight excluding hydrogens is 186 g/mol. The van der Waals surface area contributed by atoms with Gasteiger partial charge in [-0.05, 0) is 32.3 Å². The van der Waals surface area contributed by atoms with Crippen LogP contribution in [0.3, 0.4) is 0 Å². The normalized spacial score (nSPS) is 12.7. The van der Waals surface area contributed by atoms with Crippen LogP contribution in [0.25, 0.3) is 0 Å². The Balaban J connectivity index is 3.08. The van der Waals surface area contributed by atoms with Gasteiger partial charge in [-0.25, -0.2) is 4.98 Å². The number of rotatable bonds is 1. The van der Waals surface area contributed by atoms with Crippen molar-refractivity contribution in [2.45, 2.75) is 52.6 Å². The van der Waals surface area contributed by atoms with E-state index in [1.807, 2.05) is 26.8 Å². The third-order valence-corrected chi connectivity index (χ3v) is 1.98. The summed E-state index contributed by atoms with van der Waals surface area (Å²) >= 11 is 0. The maximum absolute atomic E-state index is 5.85. The van der Waals surface area contributed by atoms with E-state index in [2.05, 4.69) is 31.8 Å². The smallest absolute Gasteiger partial charge is 0.217 e. The van der Waals surface area contributed by atoms with Crippen LogP contribution in [-0.2, 0) is 5.41 Å². The first-order valence-electron chi connectivity index (χ1n) is 5.35. The first-order valence-corrected chi connectivity index (χ1v) is 5.35. The Labute approximate surface area is 92.7 Å². The lowest BCUT2D eigenvalue weighted by Crippen LogP contribution is -2.26. The van der Waals surface area contributed by atoms with Gasteiger partial charge in [0.15, 0.2) is 0 Å². The molecule has 2 heteroatoms. The zero-order chi connectivity index (χ0) is 11.7. The number of aromatic nitrogens is 1. The maximum atomic E-state index is 5.85. The summed E-state index contributed by atoms with van der Waals surface area (Å²) < 4.78 is 5.85. The average Bonchev–Trinajstić information content (AvgIpc) is 1.99. The molecule has 1 rings (SSSR count). The van der Waals surface area contributed by atoms with Crippen molar-refractivity contribution in [2.24, 2.45) is 0 Å². The third-order valence-electron chi connectivity index (χ3n) is 1.98. The molecule has 0 bridgehead atoms. The Morgan fingerprint density at radius 2 is 1.67 bits per heavy atom. The fraction of sp³-hybridized carbons (Fsp3) is 0.615. The van der Waals surface area contributed by atoms with Gasteiger partial charge in [0.25, 0.3) is 0 Å². The van der Waals surface area contributed by atoms with Crippen molar-refractivity contribution < 1.29 is 4.74 Å². The van der Waals surface area contributed by atoms with Crippen molar-refractivity contribution in [1.29, 1.82) is 0 Å². The van der Waals surface area contributed by atoms with Crippen LogP contribution in [0.4, 0.5) is 0 Å². The summed E-state index contributed by atoms with van der Waals surface area (Å²) in [5.41, 5.74) is 1.02. The highest BCUT2D eigenvalue weighted by Gasteiger charge is 2.22. The van der Waals surface area contributed by atoms with Crippen LogP contribution in [0, 0.1) is 0 Å². The second-order valence-electron chi connectivity index (χ2n) is 5.82. The molecule has 2 nitrogen and oxygen atoms in total. The number of hydrogen-bond acceptors (Lipinski definition) is 2. The molecule has 0 radical (unpaired) electrons. The van der Waals surface area contributed by atoms with E-state index in [4.69, 9.17) is 4.74 Å². The first-order chi connectivity index (χ1) is 6.70. The van der Waals surface area contributed by atoms with E-state index in [-0.39, 0.29) is 11.0 Å². The minimum Gasteiger partial charge on any atom is -0.472 e. The standard InChI is InChI=1S/C13H21NO/c1-12(2,3)10-8-7-9-14-11(10)15-13(4,5)6/h7-9H,1-6H3. The van der Waals surface area contributed by atoms with Crippen molar-refractivity contribution in [3.63, 3.8) is 0 Å². The molecule has 1 aromatic rings. The number of nitrogens with zero attached hydrogens (tertiary/aromatic N) is 1. The monoisotopic (exact) mass is 207 g/mol. The summed E-state index contributed by atoms with van der Waals surface area (Å²) in [6.45, 7) is 12.6. The second-order valence-corrected chi connectivity index (χ2v) is 5.82. The molecule has 0 amide bonds. The van der Waals surface area contributed by atoms with Gasteiger partial charge in [-0.3, -0.25) is 0 Å². The van der Waals surface area contributed by atoms with E-state index in [1.54, 1.807) is 6.20 Å². The summed E-state index contributed by atoms with van der Waals surface area (Å²) in [5, 5.41) is 0. The Morgan fingerprint density at radius 3 is 2.13 bits per heavy atom. The fourth-order valence-electron chi connectivity index (χ4n) is 1.33. The van der Waals surface area contributed by atoms with Gasteiger partial charge in [0.2, 0.25) is 5.88 Å². The molecule has 0 aliphatic carbocycles. The predicted molar refractivity (Wildman–Crippen MR) is 63.3 cm³/mol. The van der Waals surface area contributed by atoms with Crippen LogP contribution in [0.2, 0.25) is 0 Å². The summed E-state index contributed by atoms with van der Waals surface area (Å²) in [7, 11) is 0. The van der Waals surface area contributed by atoms with Crippen LogP contribution in [0.5, 0.6) is 5.88 Å². The van der Waals surface area contributed by atoms with Crippen LogP contribution in [0.1, 0.15) is 47.1 Å². The molecule has 0 N–H and O–H groups in total. The molecule has 0 atom stereocenters. The highest BCUT2D eigenvalue weighted by Crippen LogP contribution is 2.30. The first kappa shape index (κ1) is 12.0. The minimum absolute atomic E-state index is 0.0643. The van der Waals surface area contributed by atoms with Crippen molar-refractivity contribution in [3.8, 4) is 5.88 Å². The molecule has 0 fully saturated rings. The van der Waals surface area contributed by atoms with Crippen molar-refractivity contribution in [3.05, 3.63) is 23.9 Å². The molecule has 1 aromatic heterocycles. The van der Waals surface area contributed by atoms with Gasteiger partial charge in [-0.1, -0.05) is 26.8 Å². The Hall–Kier alpha value is -1.05. The van der Waals surface area contributed by atoms with Gasteiger partial charge in [0.05, 0.1) is 0 Å². The lowest BCUT2D eigenvalue weighted by molar-refractivity contribution is 0.121. The minimum atomic E-state index is -0.200. The van der Waals surface area contributed by atoms with Gasteiger partial charge in [-0.15, -0.1) is 0 Å². The SMILES string of the molecule is CC(C)(C)Oc1ncccc1C(C)(C)C. The van der Waals surface area contributed by atoms with Crippen LogP contribution >= 0.6 is 0 Å². The summed E-state index contributed by atoms with van der Waals surface area (Å²) in [4.78, 5) is 4.31. The molecule has 0 unspecified atom stereocenters. The molecule has 0 aliphatic rings. The quantitative estimate of drug-likeness (QED) is 0.702. The molecule has 0 aliphatic heterocycles. The van der Waals surface area contributed by atoms with Crippen molar-refractivity contribution >= 4 is 0 Å². The van der Waals surface area contributed by atoms with Crippen molar-refractivity contribution in [1.82, 2.24) is 4.98 Å². The van der Waals surface area contributed by atoms with E-state index in [9.17, 15) is 0 Å². The highest BCUT2D eigenvalue weighted by atomic mass is 16.5. The molecule has 0 aromatic carbocycles. The fourth-order valence-corrected chi connectivity index (χ4v) is 1.33. The molecule has 0 saturated heterocycles. The molecule has 1 heterocycles.